The van der Waals surface area contributed by atoms with Gasteiger partial charge in [0.15, 0.2) is 11.9 Å². The van der Waals surface area contributed by atoms with Gasteiger partial charge in [0.25, 0.3) is 0 Å². The van der Waals surface area contributed by atoms with Crippen LogP contribution in [0.1, 0.15) is 206 Å². The number of carbonyl (C=O) groups excluding carboxylic acids is 2. The molecule has 3 atom stereocenters. The number of ether oxygens (including phenoxy) is 2. The standard InChI is InChI=1S/C39H77O9P.2C3H8O3/c1-3-5-7-9-11-13-15-17-18-20-21-23-25-27-29-31-37(41)46-34-36(35-47-49(44,45)39(43)33-40)48-38(42)32-30-28-26-24-22-19-16-14-12-10-8-6-4-2;2*4-1-3(6)2-5/h36,39-40,43H,3-35H2,1-2H3,(H,44,45);2*3-6H,1-2H2/t36-,39?;;/m1../s1. The van der Waals surface area contributed by atoms with E-state index >= 15 is 0 Å². The van der Waals surface area contributed by atoms with Gasteiger partial charge in [0.1, 0.15) is 18.8 Å². The third-order valence-corrected chi connectivity index (χ3v) is 11.5. The van der Waals surface area contributed by atoms with Crippen LogP contribution >= 0.6 is 7.60 Å². The molecule has 0 amide bonds. The van der Waals surface area contributed by atoms with E-state index in [1.807, 2.05) is 0 Å². The monoisotopic (exact) mass is 905 g/mol. The number of carbonyl (C=O) groups is 2. The van der Waals surface area contributed by atoms with Gasteiger partial charge in [-0.3, -0.25) is 14.2 Å². The van der Waals surface area contributed by atoms with Gasteiger partial charge in [0.2, 0.25) is 0 Å². The normalized spacial score (nSPS) is 13.2. The van der Waals surface area contributed by atoms with E-state index in [9.17, 15) is 24.2 Å². The second kappa shape index (κ2) is 49.8. The highest BCUT2D eigenvalue weighted by Gasteiger charge is 2.32. The predicted molar refractivity (Wildman–Crippen MR) is 240 cm³/mol. The zero-order valence-corrected chi connectivity index (χ0v) is 39.3. The first-order valence-corrected chi connectivity index (χ1v) is 25.4. The molecule has 0 saturated carbocycles. The Bertz CT molecular complexity index is 943. The Hall–Kier alpha value is -1.23. The van der Waals surface area contributed by atoms with Crippen LogP contribution in [-0.4, -0.2) is 128 Å². The molecule has 0 spiro atoms. The van der Waals surface area contributed by atoms with Gasteiger partial charge in [-0.25, -0.2) is 0 Å². The van der Waals surface area contributed by atoms with E-state index in [2.05, 4.69) is 13.8 Å². The second-order valence-electron chi connectivity index (χ2n) is 16.0. The molecule has 0 heterocycles. The Kier molecular flexibility index (Phi) is 52.3. The number of aliphatic hydroxyl groups excluding tert-OH is 8. The molecule has 0 aliphatic rings. The predicted octanol–water partition coefficient (Wildman–Crippen LogP) is 7.36. The zero-order chi connectivity index (χ0) is 46.2. The van der Waals surface area contributed by atoms with Crippen molar-refractivity contribution >= 4 is 19.5 Å². The Morgan fingerprint density at radius 1 is 0.443 bits per heavy atom. The number of rotatable bonds is 42. The molecule has 0 radical (unpaired) electrons. The van der Waals surface area contributed by atoms with Gasteiger partial charge in [0.05, 0.1) is 39.6 Å². The SMILES string of the molecule is CCCCCCCCCCCCCCCCCC(=O)OC[C@H](COP(=O)(O)C(O)CO)OC(=O)CCCCCCCCCCCCCCC.OCC(O)CO.OCC(O)CO. The van der Waals surface area contributed by atoms with Crippen molar-refractivity contribution < 1.29 is 73.9 Å². The third kappa shape index (κ3) is 49.6. The summed E-state index contributed by atoms with van der Waals surface area (Å²) in [6.45, 7) is 1.23. The van der Waals surface area contributed by atoms with Crippen LogP contribution in [0.3, 0.4) is 0 Å². The largest absolute Gasteiger partial charge is 0.462 e. The maximum absolute atomic E-state index is 12.5. The van der Waals surface area contributed by atoms with Gasteiger partial charge in [-0.05, 0) is 12.8 Å². The lowest BCUT2D eigenvalue weighted by Gasteiger charge is -2.21. The van der Waals surface area contributed by atoms with Crippen molar-refractivity contribution in [2.45, 2.75) is 231 Å². The highest BCUT2D eigenvalue weighted by molar-refractivity contribution is 7.53. The first-order chi connectivity index (χ1) is 29.4. The number of hydrogen-bond acceptors (Lipinski definition) is 14. The molecular weight excluding hydrogens is 811 g/mol. The summed E-state index contributed by atoms with van der Waals surface area (Å²) < 4.78 is 27.8. The van der Waals surface area contributed by atoms with Crippen LogP contribution in [0, 0.1) is 0 Å². The van der Waals surface area contributed by atoms with Crippen molar-refractivity contribution in [3.05, 3.63) is 0 Å². The van der Waals surface area contributed by atoms with Crippen LogP contribution in [0.25, 0.3) is 0 Å². The summed E-state index contributed by atoms with van der Waals surface area (Å²) in [4.78, 5) is 34.7. The lowest BCUT2D eigenvalue weighted by molar-refractivity contribution is -0.161. The summed E-state index contributed by atoms with van der Waals surface area (Å²) in [6, 6.07) is 0. The second-order valence-corrected chi connectivity index (χ2v) is 18.0. The first kappa shape index (κ1) is 64.1. The summed E-state index contributed by atoms with van der Waals surface area (Å²) in [5.41, 5.74) is 0. The molecule has 0 aliphatic heterocycles. The van der Waals surface area contributed by atoms with Gasteiger partial charge in [-0.2, -0.15) is 0 Å². The van der Waals surface area contributed by atoms with Crippen molar-refractivity contribution in [3.63, 3.8) is 0 Å². The van der Waals surface area contributed by atoms with E-state index < -0.39 is 56.9 Å². The van der Waals surface area contributed by atoms with Crippen LogP contribution in [0.4, 0.5) is 0 Å². The molecule has 0 rings (SSSR count). The Balaban J connectivity index is -0.00000243. The summed E-state index contributed by atoms with van der Waals surface area (Å²) in [5, 5.41) is 66.6. The number of hydrogen-bond donors (Lipinski definition) is 9. The van der Waals surface area contributed by atoms with E-state index in [0.717, 1.165) is 32.1 Å². The van der Waals surface area contributed by atoms with Crippen molar-refractivity contribution in [2.24, 2.45) is 0 Å². The van der Waals surface area contributed by atoms with Crippen molar-refractivity contribution in [2.75, 3.05) is 46.2 Å². The van der Waals surface area contributed by atoms with Gasteiger partial charge in [0, 0.05) is 12.8 Å². The number of esters is 2. The summed E-state index contributed by atoms with van der Waals surface area (Å²) >= 11 is 0. The van der Waals surface area contributed by atoms with Crippen molar-refractivity contribution in [3.8, 4) is 0 Å². The Labute approximate surface area is 369 Å². The number of aliphatic hydroxyl groups is 8. The molecule has 0 aromatic rings. The molecule has 0 aromatic heterocycles. The molecule has 0 fully saturated rings. The topological polar surface area (TPSA) is 261 Å². The van der Waals surface area contributed by atoms with Crippen LogP contribution < -0.4 is 0 Å². The maximum atomic E-state index is 12.5. The minimum absolute atomic E-state index is 0.192. The van der Waals surface area contributed by atoms with Crippen LogP contribution in [0.2, 0.25) is 0 Å². The highest BCUT2D eigenvalue weighted by Crippen LogP contribution is 2.46. The quantitative estimate of drug-likeness (QED) is 0.0165. The Morgan fingerprint density at radius 3 is 1.02 bits per heavy atom. The molecule has 0 bridgehead atoms. The molecule has 9 N–H and O–H groups in total. The minimum Gasteiger partial charge on any atom is -0.462 e. The Morgan fingerprint density at radius 2 is 0.738 bits per heavy atom. The molecule has 0 saturated heterocycles. The average Bonchev–Trinajstić information content (AvgIpc) is 3.26. The van der Waals surface area contributed by atoms with Crippen LogP contribution in [0.5, 0.6) is 0 Å². The van der Waals surface area contributed by atoms with Gasteiger partial charge in [-0.1, -0.05) is 181 Å². The zero-order valence-electron chi connectivity index (χ0n) is 38.4. The smallest absolute Gasteiger partial charge is 0.358 e. The van der Waals surface area contributed by atoms with Gasteiger partial charge < -0.3 is 59.7 Å². The fourth-order valence-corrected chi connectivity index (χ4v) is 6.80. The highest BCUT2D eigenvalue weighted by atomic mass is 31.2. The van der Waals surface area contributed by atoms with Crippen molar-refractivity contribution in [1.29, 1.82) is 0 Å². The molecule has 368 valence electrons. The van der Waals surface area contributed by atoms with Crippen molar-refractivity contribution in [1.82, 2.24) is 0 Å². The van der Waals surface area contributed by atoms with Gasteiger partial charge in [-0.15, -0.1) is 0 Å². The third-order valence-electron chi connectivity index (χ3n) is 10.0. The molecule has 0 aromatic carbocycles. The molecule has 15 nitrogen and oxygen atoms in total. The van der Waals surface area contributed by atoms with Gasteiger partial charge >= 0.3 is 19.5 Å². The lowest BCUT2D eigenvalue weighted by atomic mass is 10.0. The average molecular weight is 905 g/mol. The number of unbranched alkanes of at least 4 members (excludes halogenated alkanes) is 26. The first-order valence-electron chi connectivity index (χ1n) is 23.8. The molecule has 16 heteroatoms. The van der Waals surface area contributed by atoms with E-state index in [-0.39, 0.29) is 45.9 Å². The molecule has 61 heavy (non-hydrogen) atoms. The van der Waals surface area contributed by atoms with E-state index in [4.69, 9.17) is 49.7 Å². The lowest BCUT2D eigenvalue weighted by Crippen LogP contribution is -2.30. The van der Waals surface area contributed by atoms with E-state index in [1.165, 1.54) is 135 Å². The maximum Gasteiger partial charge on any atom is 0.358 e. The fourth-order valence-electron chi connectivity index (χ4n) is 6.04. The van der Waals surface area contributed by atoms with Crippen LogP contribution in [0.15, 0.2) is 0 Å². The molecule has 2 unspecified atom stereocenters. The molecular formula is C45H93O15P. The summed E-state index contributed by atoms with van der Waals surface area (Å²) in [7, 11) is -4.55. The van der Waals surface area contributed by atoms with E-state index in [1.54, 1.807) is 0 Å². The van der Waals surface area contributed by atoms with Crippen LogP contribution in [-0.2, 0) is 28.2 Å². The minimum atomic E-state index is -4.55. The molecule has 0 aliphatic carbocycles. The summed E-state index contributed by atoms with van der Waals surface area (Å²) in [6.07, 6.45) is 31.6. The van der Waals surface area contributed by atoms with E-state index in [0.29, 0.717) is 12.8 Å². The summed E-state index contributed by atoms with van der Waals surface area (Å²) in [5.74, 6) is -2.89. The fraction of sp³-hybridized carbons (Fsp3) is 0.956.